The summed E-state index contributed by atoms with van der Waals surface area (Å²) in [5, 5.41) is 8.90. The Balaban J connectivity index is 1.57. The van der Waals surface area contributed by atoms with Gasteiger partial charge in [0.2, 0.25) is 11.8 Å². The monoisotopic (exact) mass is 359 g/mol. The van der Waals surface area contributed by atoms with Crippen LogP contribution in [0.3, 0.4) is 0 Å². The smallest absolute Gasteiger partial charge is 0.249 e. The number of anilines is 1. The Morgan fingerprint density at radius 3 is 2.52 bits per heavy atom. The summed E-state index contributed by atoms with van der Waals surface area (Å²) in [4.78, 5) is 24.0. The van der Waals surface area contributed by atoms with Crippen molar-refractivity contribution in [2.24, 2.45) is 5.10 Å². The second-order valence-corrected chi connectivity index (χ2v) is 6.10. The van der Waals surface area contributed by atoms with Gasteiger partial charge in [-0.1, -0.05) is 67.6 Å². The first-order valence-electron chi connectivity index (χ1n) is 8.85. The van der Waals surface area contributed by atoms with Crippen LogP contribution in [0.15, 0.2) is 71.8 Å². The Morgan fingerprint density at radius 2 is 1.67 bits per heavy atom. The van der Waals surface area contributed by atoms with Gasteiger partial charge < -0.3 is 5.32 Å². The molecule has 0 radical (unpaired) electrons. The van der Waals surface area contributed by atoms with Crippen molar-refractivity contribution >= 4 is 34.5 Å². The molecule has 0 aromatic heterocycles. The summed E-state index contributed by atoms with van der Waals surface area (Å²) in [5.41, 5.74) is 5.07. The van der Waals surface area contributed by atoms with Gasteiger partial charge in [0.05, 0.1) is 6.21 Å². The summed E-state index contributed by atoms with van der Waals surface area (Å²) in [6, 6.07) is 21.4. The number of rotatable bonds is 6. The lowest BCUT2D eigenvalue weighted by molar-refractivity contribution is -0.126. The van der Waals surface area contributed by atoms with E-state index in [1.165, 1.54) is 0 Å². The largest absolute Gasteiger partial charge is 0.325 e. The van der Waals surface area contributed by atoms with Gasteiger partial charge in [0.1, 0.15) is 6.42 Å². The molecule has 0 heterocycles. The van der Waals surface area contributed by atoms with Crippen molar-refractivity contribution in [2.75, 3.05) is 5.32 Å². The highest BCUT2D eigenvalue weighted by Gasteiger charge is 2.10. The molecule has 0 aliphatic heterocycles. The molecule has 0 atom stereocenters. The van der Waals surface area contributed by atoms with Crippen LogP contribution in [0.25, 0.3) is 10.8 Å². The number of hydrogen-bond donors (Lipinski definition) is 2. The fourth-order valence-electron chi connectivity index (χ4n) is 2.87. The molecular formula is C22H21N3O2. The van der Waals surface area contributed by atoms with E-state index in [-0.39, 0.29) is 12.3 Å². The van der Waals surface area contributed by atoms with Crippen LogP contribution in [0.1, 0.15) is 24.5 Å². The fraction of sp³-hybridized carbons (Fsp3) is 0.136. The topological polar surface area (TPSA) is 70.6 Å². The molecule has 3 aromatic carbocycles. The first kappa shape index (κ1) is 18.3. The van der Waals surface area contributed by atoms with Gasteiger partial charge in [0.15, 0.2) is 0 Å². The lowest BCUT2D eigenvalue weighted by Gasteiger charge is -2.09. The average molecular weight is 359 g/mol. The lowest BCUT2D eigenvalue weighted by atomic mass is 10.1. The van der Waals surface area contributed by atoms with Gasteiger partial charge in [-0.2, -0.15) is 5.10 Å². The summed E-state index contributed by atoms with van der Waals surface area (Å²) in [6.45, 7) is 2.01. The minimum absolute atomic E-state index is 0.287. The van der Waals surface area contributed by atoms with Crippen molar-refractivity contribution < 1.29 is 9.59 Å². The molecule has 5 heteroatoms. The second-order valence-electron chi connectivity index (χ2n) is 6.10. The Labute approximate surface area is 158 Å². The number of carbonyl (C=O) groups is 2. The maximum Gasteiger partial charge on any atom is 0.249 e. The van der Waals surface area contributed by atoms with Gasteiger partial charge in [0.25, 0.3) is 0 Å². The fourth-order valence-corrected chi connectivity index (χ4v) is 2.87. The third kappa shape index (κ3) is 4.79. The van der Waals surface area contributed by atoms with Crippen LogP contribution in [0, 0.1) is 0 Å². The number of benzene rings is 3. The number of hydrogen-bond acceptors (Lipinski definition) is 3. The number of carbonyl (C=O) groups excluding carboxylic acids is 2. The summed E-state index contributed by atoms with van der Waals surface area (Å²) in [5.74, 6) is -0.827. The van der Waals surface area contributed by atoms with Crippen LogP contribution in [0.4, 0.5) is 5.69 Å². The predicted molar refractivity (Wildman–Crippen MR) is 109 cm³/mol. The van der Waals surface area contributed by atoms with Gasteiger partial charge in [-0.3, -0.25) is 9.59 Å². The molecule has 5 nitrogen and oxygen atoms in total. The first-order valence-corrected chi connectivity index (χ1v) is 8.85. The van der Waals surface area contributed by atoms with Crippen LogP contribution >= 0.6 is 0 Å². The number of para-hydroxylation sites is 1. The van der Waals surface area contributed by atoms with Gasteiger partial charge >= 0.3 is 0 Å². The second kappa shape index (κ2) is 8.76. The van der Waals surface area contributed by atoms with E-state index in [4.69, 9.17) is 0 Å². The zero-order chi connectivity index (χ0) is 19.1. The average Bonchev–Trinajstić information content (AvgIpc) is 2.68. The summed E-state index contributed by atoms with van der Waals surface area (Å²) >= 11 is 0. The zero-order valence-electron chi connectivity index (χ0n) is 15.1. The first-order chi connectivity index (χ1) is 13.2. The summed E-state index contributed by atoms with van der Waals surface area (Å²) < 4.78 is 0. The quantitative estimate of drug-likeness (QED) is 0.398. The number of aryl methyl sites for hydroxylation is 1. The van der Waals surface area contributed by atoms with Crippen molar-refractivity contribution in [1.82, 2.24) is 5.43 Å². The lowest BCUT2D eigenvalue weighted by Crippen LogP contribution is -2.25. The van der Waals surface area contributed by atoms with E-state index in [0.29, 0.717) is 0 Å². The minimum atomic E-state index is -0.460. The van der Waals surface area contributed by atoms with Crippen LogP contribution in [-0.2, 0) is 16.0 Å². The number of amides is 2. The van der Waals surface area contributed by atoms with Crippen LogP contribution < -0.4 is 10.7 Å². The molecule has 27 heavy (non-hydrogen) atoms. The third-order valence-corrected chi connectivity index (χ3v) is 4.21. The molecular weight excluding hydrogens is 338 g/mol. The molecule has 3 rings (SSSR count). The normalized spacial score (nSPS) is 10.9. The van der Waals surface area contributed by atoms with E-state index in [0.717, 1.165) is 34.0 Å². The van der Waals surface area contributed by atoms with E-state index in [1.807, 2.05) is 73.7 Å². The molecule has 2 N–H and O–H groups in total. The molecule has 0 saturated carbocycles. The van der Waals surface area contributed by atoms with E-state index >= 15 is 0 Å². The third-order valence-electron chi connectivity index (χ3n) is 4.21. The Kier molecular flexibility index (Phi) is 5.94. The van der Waals surface area contributed by atoms with E-state index in [9.17, 15) is 9.59 Å². The Morgan fingerprint density at radius 1 is 0.926 bits per heavy atom. The van der Waals surface area contributed by atoms with Crippen LogP contribution in [-0.4, -0.2) is 18.0 Å². The standard InChI is InChI=1S/C22H21N3O2/c1-2-16-8-4-6-13-20(16)24-21(26)14-22(27)25-23-15-18-11-7-10-17-9-3-5-12-19(17)18/h3-13,15H,2,14H2,1H3,(H,24,26)(H,25,27). The molecule has 0 aliphatic rings. The predicted octanol–water partition coefficient (Wildman–Crippen LogP) is 3.88. The molecule has 0 fully saturated rings. The highest BCUT2D eigenvalue weighted by molar-refractivity contribution is 6.04. The summed E-state index contributed by atoms with van der Waals surface area (Å²) in [6.07, 6.45) is 2.10. The van der Waals surface area contributed by atoms with Crippen molar-refractivity contribution in [1.29, 1.82) is 0 Å². The Bertz CT molecular complexity index is 990. The molecule has 2 amide bonds. The number of nitrogens with zero attached hydrogens (tertiary/aromatic N) is 1. The van der Waals surface area contributed by atoms with E-state index in [2.05, 4.69) is 15.8 Å². The number of fused-ring (bicyclic) bond motifs is 1. The molecule has 0 spiro atoms. The van der Waals surface area contributed by atoms with Crippen molar-refractivity contribution in [2.45, 2.75) is 19.8 Å². The van der Waals surface area contributed by atoms with Gasteiger partial charge in [-0.25, -0.2) is 5.43 Å². The molecule has 0 unspecified atom stereocenters. The maximum absolute atomic E-state index is 12.1. The highest BCUT2D eigenvalue weighted by atomic mass is 16.2. The van der Waals surface area contributed by atoms with E-state index in [1.54, 1.807) is 6.21 Å². The minimum Gasteiger partial charge on any atom is -0.325 e. The van der Waals surface area contributed by atoms with Crippen molar-refractivity contribution in [3.8, 4) is 0 Å². The summed E-state index contributed by atoms with van der Waals surface area (Å²) in [7, 11) is 0. The van der Waals surface area contributed by atoms with Gasteiger partial charge in [-0.05, 0) is 28.8 Å². The van der Waals surface area contributed by atoms with Crippen LogP contribution in [0.5, 0.6) is 0 Å². The zero-order valence-corrected chi connectivity index (χ0v) is 15.1. The maximum atomic E-state index is 12.1. The molecule has 0 saturated heterocycles. The van der Waals surface area contributed by atoms with E-state index < -0.39 is 5.91 Å². The number of hydrazone groups is 1. The molecule has 0 aliphatic carbocycles. The van der Waals surface area contributed by atoms with Gasteiger partial charge in [-0.15, -0.1) is 0 Å². The Hall–Kier alpha value is -3.47. The molecule has 3 aromatic rings. The number of nitrogens with one attached hydrogen (secondary N) is 2. The SMILES string of the molecule is CCc1ccccc1NC(=O)CC(=O)NN=Cc1cccc2ccccc12. The van der Waals surface area contributed by atoms with Crippen molar-refractivity contribution in [3.05, 3.63) is 77.9 Å². The molecule has 0 bridgehead atoms. The highest BCUT2D eigenvalue weighted by Crippen LogP contribution is 2.17. The van der Waals surface area contributed by atoms with Gasteiger partial charge in [0, 0.05) is 11.3 Å². The van der Waals surface area contributed by atoms with Crippen LogP contribution in [0.2, 0.25) is 0 Å². The molecule has 136 valence electrons. The van der Waals surface area contributed by atoms with Crippen molar-refractivity contribution in [3.63, 3.8) is 0 Å².